The first kappa shape index (κ1) is 38.1. The summed E-state index contributed by atoms with van der Waals surface area (Å²) in [6.45, 7) is 4.61. The first-order chi connectivity index (χ1) is 29.1. The van der Waals surface area contributed by atoms with Crippen LogP contribution in [0.4, 0.5) is 0 Å². The van der Waals surface area contributed by atoms with Crippen LogP contribution in [0.3, 0.4) is 0 Å². The van der Waals surface area contributed by atoms with Gasteiger partial charge < -0.3 is 8.83 Å². The molecular formula is C53H50N4O2. The summed E-state index contributed by atoms with van der Waals surface area (Å²) in [5.41, 5.74) is 14.1. The van der Waals surface area contributed by atoms with E-state index in [0.717, 1.165) is 35.1 Å². The summed E-state index contributed by atoms with van der Waals surface area (Å²) in [6, 6.07) is 51.3. The van der Waals surface area contributed by atoms with Crippen LogP contribution >= 0.6 is 0 Å². The lowest BCUT2D eigenvalue weighted by Crippen LogP contribution is -2.25. The molecule has 0 amide bonds. The smallest absolute Gasteiger partial charge is 0.248 e. The van der Waals surface area contributed by atoms with Gasteiger partial charge in [-0.3, -0.25) is 0 Å². The third-order valence-corrected chi connectivity index (χ3v) is 12.1. The van der Waals surface area contributed by atoms with Gasteiger partial charge in [-0.15, -0.1) is 20.4 Å². The molecule has 0 bridgehead atoms. The van der Waals surface area contributed by atoms with E-state index < -0.39 is 0 Å². The number of hydrogen-bond acceptors (Lipinski definition) is 6. The fraction of sp³-hybridized carbons (Fsp3) is 0.245. The van der Waals surface area contributed by atoms with Crippen molar-refractivity contribution in [3.05, 3.63) is 157 Å². The summed E-state index contributed by atoms with van der Waals surface area (Å²) >= 11 is 0. The van der Waals surface area contributed by atoms with E-state index in [1.165, 1.54) is 95.9 Å². The van der Waals surface area contributed by atoms with Crippen molar-refractivity contribution >= 4 is 0 Å². The molecule has 0 fully saturated rings. The molecule has 0 atom stereocenters. The van der Waals surface area contributed by atoms with Crippen molar-refractivity contribution in [2.24, 2.45) is 0 Å². The molecule has 2 heterocycles. The maximum Gasteiger partial charge on any atom is 0.248 e. The van der Waals surface area contributed by atoms with Gasteiger partial charge in [0, 0.05) is 27.7 Å². The molecule has 0 radical (unpaired) electrons. The summed E-state index contributed by atoms with van der Waals surface area (Å²) in [5.74, 6) is 2.10. The zero-order valence-electron chi connectivity index (χ0n) is 34.0. The lowest BCUT2D eigenvalue weighted by molar-refractivity contribution is 0.401. The monoisotopic (exact) mass is 774 g/mol. The molecule has 0 saturated heterocycles. The topological polar surface area (TPSA) is 77.8 Å². The largest absolute Gasteiger partial charge is 0.416 e. The fourth-order valence-corrected chi connectivity index (χ4v) is 8.91. The van der Waals surface area contributed by atoms with E-state index in [9.17, 15) is 0 Å². The summed E-state index contributed by atoms with van der Waals surface area (Å²) in [5, 5.41) is 17.4. The van der Waals surface area contributed by atoms with Crippen LogP contribution in [-0.2, 0) is 5.41 Å². The van der Waals surface area contributed by atoms with E-state index in [4.69, 9.17) is 8.83 Å². The standard InChI is InChI=1S/C53H50N4O2/c1-3-5-7-15-33-53(34-16-8-6-4-2)47-35-43(37-21-25-41(26-22-37)51-56-54-49(58-51)39-17-11-9-12-18-39)29-31-45(47)46-32-30-44(36-48(46)53)38-23-27-42(28-24-38)52-57-55-50(59-52)40-19-13-10-14-20-40/h9-14,17-32,35-36H,3-8,15-16,33-34H2,1-2H3. The van der Waals surface area contributed by atoms with E-state index in [1.807, 2.05) is 60.7 Å². The molecule has 0 spiro atoms. The second kappa shape index (κ2) is 17.2. The number of aromatic nitrogens is 4. The van der Waals surface area contributed by atoms with Gasteiger partial charge in [-0.05, 0) is 118 Å². The van der Waals surface area contributed by atoms with Gasteiger partial charge in [-0.1, -0.05) is 150 Å². The molecule has 0 N–H and O–H groups in total. The lowest BCUT2D eigenvalue weighted by Gasteiger charge is -2.33. The van der Waals surface area contributed by atoms with Crippen LogP contribution in [0.5, 0.6) is 0 Å². The van der Waals surface area contributed by atoms with Crippen molar-refractivity contribution in [2.45, 2.75) is 83.5 Å². The van der Waals surface area contributed by atoms with Gasteiger partial charge in [0.2, 0.25) is 23.6 Å². The van der Waals surface area contributed by atoms with E-state index in [0.29, 0.717) is 23.6 Å². The molecule has 8 aromatic rings. The molecule has 2 aromatic heterocycles. The Hall–Kier alpha value is -6.40. The zero-order chi connectivity index (χ0) is 40.0. The number of nitrogens with zero attached hydrogens (tertiary/aromatic N) is 4. The Morgan fingerprint density at radius 3 is 1.07 bits per heavy atom. The van der Waals surface area contributed by atoms with Crippen molar-refractivity contribution in [2.75, 3.05) is 0 Å². The molecular weight excluding hydrogens is 725 g/mol. The maximum absolute atomic E-state index is 6.09. The highest BCUT2D eigenvalue weighted by molar-refractivity contribution is 5.86. The van der Waals surface area contributed by atoms with Crippen molar-refractivity contribution < 1.29 is 8.83 Å². The minimum absolute atomic E-state index is 0.0623. The van der Waals surface area contributed by atoms with Gasteiger partial charge in [0.1, 0.15) is 0 Å². The Kier molecular flexibility index (Phi) is 11.1. The molecule has 294 valence electrons. The summed E-state index contributed by atoms with van der Waals surface area (Å²) < 4.78 is 12.2. The molecule has 6 aromatic carbocycles. The average molecular weight is 775 g/mol. The molecule has 0 unspecified atom stereocenters. The van der Waals surface area contributed by atoms with Crippen LogP contribution < -0.4 is 0 Å². The van der Waals surface area contributed by atoms with Crippen molar-refractivity contribution in [1.29, 1.82) is 0 Å². The quantitative estimate of drug-likeness (QED) is 0.0910. The van der Waals surface area contributed by atoms with Gasteiger partial charge in [0.05, 0.1) is 0 Å². The van der Waals surface area contributed by atoms with Crippen LogP contribution in [0.15, 0.2) is 154 Å². The van der Waals surface area contributed by atoms with Crippen molar-refractivity contribution in [1.82, 2.24) is 20.4 Å². The molecule has 9 rings (SSSR count). The van der Waals surface area contributed by atoms with Gasteiger partial charge in [-0.25, -0.2) is 0 Å². The summed E-state index contributed by atoms with van der Waals surface area (Å²) in [4.78, 5) is 0. The minimum atomic E-state index is -0.0623. The molecule has 59 heavy (non-hydrogen) atoms. The Bertz CT molecular complexity index is 2440. The van der Waals surface area contributed by atoms with Crippen LogP contribution in [0.25, 0.3) is 79.2 Å². The van der Waals surface area contributed by atoms with Crippen molar-refractivity contribution in [3.63, 3.8) is 0 Å². The molecule has 0 saturated carbocycles. The van der Waals surface area contributed by atoms with Crippen LogP contribution in [0, 0.1) is 0 Å². The highest BCUT2D eigenvalue weighted by atomic mass is 16.4. The third-order valence-electron chi connectivity index (χ3n) is 12.1. The molecule has 1 aliphatic rings. The van der Waals surface area contributed by atoms with Gasteiger partial charge >= 0.3 is 0 Å². The predicted molar refractivity (Wildman–Crippen MR) is 239 cm³/mol. The SMILES string of the molecule is CCCCCCC1(CCCCCC)c2cc(-c3ccc(-c4nnc(-c5ccccc5)o4)cc3)ccc2-c2ccc(-c3ccc(-c4nnc(-c5ccccc5)o4)cc3)cc21. The van der Waals surface area contributed by atoms with E-state index in [-0.39, 0.29) is 5.41 Å². The van der Waals surface area contributed by atoms with E-state index in [2.05, 4.69) is 119 Å². The van der Waals surface area contributed by atoms with Crippen LogP contribution in [-0.4, -0.2) is 20.4 Å². The Labute approximate surface area is 347 Å². The predicted octanol–water partition coefficient (Wildman–Crippen LogP) is 14.7. The fourth-order valence-electron chi connectivity index (χ4n) is 8.91. The van der Waals surface area contributed by atoms with Crippen LogP contribution in [0.1, 0.15) is 89.2 Å². The number of unbranched alkanes of at least 4 members (excludes halogenated alkanes) is 6. The zero-order valence-corrected chi connectivity index (χ0v) is 34.0. The second-order valence-electron chi connectivity index (χ2n) is 15.9. The van der Waals surface area contributed by atoms with Gasteiger partial charge in [0.25, 0.3) is 0 Å². The number of benzene rings is 6. The highest BCUT2D eigenvalue weighted by Gasteiger charge is 2.42. The average Bonchev–Trinajstić information content (AvgIpc) is 4.06. The summed E-state index contributed by atoms with van der Waals surface area (Å²) in [6.07, 6.45) is 12.2. The number of fused-ring (bicyclic) bond motifs is 3. The van der Waals surface area contributed by atoms with E-state index in [1.54, 1.807) is 0 Å². The number of hydrogen-bond donors (Lipinski definition) is 0. The molecule has 6 heteroatoms. The lowest BCUT2D eigenvalue weighted by atomic mass is 9.70. The second-order valence-corrected chi connectivity index (χ2v) is 15.9. The Balaban J connectivity index is 1.05. The summed E-state index contributed by atoms with van der Waals surface area (Å²) in [7, 11) is 0. The molecule has 6 nitrogen and oxygen atoms in total. The van der Waals surface area contributed by atoms with Gasteiger partial charge in [0.15, 0.2) is 0 Å². The van der Waals surface area contributed by atoms with Gasteiger partial charge in [-0.2, -0.15) is 0 Å². The molecule has 1 aliphatic carbocycles. The highest BCUT2D eigenvalue weighted by Crippen LogP contribution is 2.56. The Morgan fingerprint density at radius 1 is 0.356 bits per heavy atom. The Morgan fingerprint density at radius 2 is 0.695 bits per heavy atom. The third kappa shape index (κ3) is 7.80. The van der Waals surface area contributed by atoms with E-state index >= 15 is 0 Å². The van der Waals surface area contributed by atoms with Crippen molar-refractivity contribution in [3.8, 4) is 79.2 Å². The number of rotatable bonds is 16. The van der Waals surface area contributed by atoms with Crippen LogP contribution in [0.2, 0.25) is 0 Å². The maximum atomic E-state index is 6.09. The first-order valence-electron chi connectivity index (χ1n) is 21.4. The minimum Gasteiger partial charge on any atom is -0.416 e. The normalized spacial score (nSPS) is 12.7. The first-order valence-corrected chi connectivity index (χ1v) is 21.4. The molecule has 0 aliphatic heterocycles.